The minimum Gasteiger partial charge on any atom is -0.339 e. The second-order valence-corrected chi connectivity index (χ2v) is 12.2. The van der Waals surface area contributed by atoms with Crippen LogP contribution in [0.25, 0.3) is 10.9 Å². The van der Waals surface area contributed by atoms with Crippen molar-refractivity contribution in [2.24, 2.45) is 0 Å². The highest BCUT2D eigenvalue weighted by Crippen LogP contribution is 2.27. The normalized spacial score (nSPS) is 16.8. The van der Waals surface area contributed by atoms with E-state index in [-0.39, 0.29) is 49.1 Å². The smallest absolute Gasteiger partial charge is 0.339 e. The summed E-state index contributed by atoms with van der Waals surface area (Å²) in [6, 6.07) is 5.31. The Morgan fingerprint density at radius 1 is 1.06 bits per heavy atom. The first kappa shape index (κ1) is 36.7. The predicted octanol–water partition coefficient (Wildman–Crippen LogP) is 4.87. The third kappa shape index (κ3) is 9.05. The summed E-state index contributed by atoms with van der Waals surface area (Å²) >= 11 is 6.29. The molecule has 0 radical (unpaired) electrons. The average molecular weight is 703 g/mol. The molecular weight excluding hydrogens is 662 g/mol. The fraction of sp³-hybridized carbons (Fsp3) is 0.548. The number of benzene rings is 1. The van der Waals surface area contributed by atoms with E-state index in [9.17, 15) is 27.6 Å². The maximum absolute atomic E-state index is 13.5. The topological polar surface area (TPSA) is 105 Å². The predicted molar refractivity (Wildman–Crippen MR) is 173 cm³/mol. The summed E-state index contributed by atoms with van der Waals surface area (Å²) < 4.78 is 44.3. The van der Waals surface area contributed by atoms with Gasteiger partial charge in [0.2, 0.25) is 5.91 Å². The van der Waals surface area contributed by atoms with E-state index < -0.39 is 13.0 Å². The lowest BCUT2D eigenvalue weighted by Crippen LogP contribution is -2.50. The van der Waals surface area contributed by atoms with Crippen LogP contribution in [-0.2, 0) is 16.1 Å². The number of hydrogen-bond donors (Lipinski definition) is 1. The summed E-state index contributed by atoms with van der Waals surface area (Å²) in [5, 5.41) is 7.46. The fourth-order valence-corrected chi connectivity index (χ4v) is 6.36. The Balaban J connectivity index is 0.00000500. The van der Waals surface area contributed by atoms with Gasteiger partial charge >= 0.3 is 6.36 Å². The number of halogens is 5. The zero-order chi connectivity index (χ0) is 33.0. The Bertz CT molecular complexity index is 1560. The molecule has 0 aliphatic carbocycles. The Kier molecular flexibility index (Phi) is 12.3. The van der Waals surface area contributed by atoms with Crippen LogP contribution in [0.4, 0.5) is 13.2 Å². The number of alkyl halides is 3. The van der Waals surface area contributed by atoms with E-state index in [1.807, 2.05) is 28.4 Å². The van der Waals surface area contributed by atoms with Gasteiger partial charge in [0.05, 0.1) is 30.0 Å². The van der Waals surface area contributed by atoms with Crippen molar-refractivity contribution >= 4 is 52.5 Å². The molecule has 0 bridgehead atoms. The molecular formula is C31H40Cl2F3N7O4. The van der Waals surface area contributed by atoms with Gasteiger partial charge < -0.3 is 9.47 Å². The lowest BCUT2D eigenvalue weighted by Gasteiger charge is -2.34. The molecule has 47 heavy (non-hydrogen) atoms. The molecule has 2 amide bonds. The van der Waals surface area contributed by atoms with Crippen molar-refractivity contribution in [1.82, 2.24) is 34.6 Å². The molecule has 2 aliphatic heterocycles. The van der Waals surface area contributed by atoms with E-state index in [0.717, 1.165) is 25.0 Å². The second-order valence-electron chi connectivity index (χ2n) is 11.8. The van der Waals surface area contributed by atoms with Crippen LogP contribution in [0.2, 0.25) is 5.02 Å². The van der Waals surface area contributed by atoms with Crippen molar-refractivity contribution in [3.05, 3.63) is 52.4 Å². The highest BCUT2D eigenvalue weighted by atomic mass is 35.5. The number of hydrogen-bond acceptors (Lipinski definition) is 7. The summed E-state index contributed by atoms with van der Waals surface area (Å²) in [5.74, 6) is -0.358. The molecule has 2 aromatic heterocycles. The zero-order valence-electron chi connectivity index (χ0n) is 26.4. The fourth-order valence-electron chi connectivity index (χ4n) is 6.19. The lowest BCUT2D eigenvalue weighted by atomic mass is 10.0. The maximum atomic E-state index is 13.5. The quantitative estimate of drug-likeness (QED) is 0.285. The number of amides is 2. The van der Waals surface area contributed by atoms with Crippen LogP contribution in [0.15, 0.2) is 30.6 Å². The van der Waals surface area contributed by atoms with Crippen LogP contribution < -0.4 is 5.43 Å². The summed E-state index contributed by atoms with van der Waals surface area (Å²) in [5.41, 5.74) is 5.63. The van der Waals surface area contributed by atoms with Crippen molar-refractivity contribution in [3.63, 3.8) is 0 Å². The van der Waals surface area contributed by atoms with E-state index in [1.165, 1.54) is 0 Å². The second kappa shape index (κ2) is 15.8. The van der Waals surface area contributed by atoms with Crippen LogP contribution in [0.5, 0.6) is 0 Å². The monoisotopic (exact) mass is 701 g/mol. The van der Waals surface area contributed by atoms with E-state index in [4.69, 9.17) is 11.6 Å². The van der Waals surface area contributed by atoms with Gasteiger partial charge in [-0.25, -0.2) is 5.01 Å². The highest BCUT2D eigenvalue weighted by molar-refractivity contribution is 6.31. The summed E-state index contributed by atoms with van der Waals surface area (Å²) in [4.78, 5) is 42.7. The average Bonchev–Trinajstić information content (AvgIpc) is 3.57. The van der Waals surface area contributed by atoms with Crippen molar-refractivity contribution < 1.29 is 32.3 Å². The molecule has 1 aromatic carbocycles. The van der Waals surface area contributed by atoms with Crippen LogP contribution in [0.3, 0.4) is 0 Å². The number of aromatic nitrogens is 3. The summed E-state index contributed by atoms with van der Waals surface area (Å²) in [7, 11) is 0. The van der Waals surface area contributed by atoms with Gasteiger partial charge in [0.1, 0.15) is 6.54 Å². The van der Waals surface area contributed by atoms with Crippen molar-refractivity contribution in [3.8, 4) is 0 Å². The first-order valence-electron chi connectivity index (χ1n) is 15.6. The number of hydrazine groups is 1. The van der Waals surface area contributed by atoms with Crippen LogP contribution in [0.1, 0.15) is 65.1 Å². The van der Waals surface area contributed by atoms with E-state index in [0.29, 0.717) is 72.7 Å². The number of ketones is 1. The molecule has 0 spiro atoms. The van der Waals surface area contributed by atoms with Gasteiger partial charge in [0, 0.05) is 80.1 Å². The van der Waals surface area contributed by atoms with Gasteiger partial charge in [-0.2, -0.15) is 5.10 Å². The molecule has 2 saturated heterocycles. The van der Waals surface area contributed by atoms with Gasteiger partial charge in [-0.15, -0.1) is 25.6 Å². The minimum absolute atomic E-state index is 0. The van der Waals surface area contributed by atoms with Crippen LogP contribution >= 0.6 is 24.0 Å². The molecule has 2 fully saturated rings. The number of ether oxygens (including phenoxy) is 1. The lowest BCUT2D eigenvalue weighted by molar-refractivity contribution is -0.325. The molecule has 3 aromatic rings. The third-order valence-corrected chi connectivity index (χ3v) is 8.92. The minimum atomic E-state index is -4.66. The number of piperidine rings is 1. The summed E-state index contributed by atoms with van der Waals surface area (Å²) in [6.45, 7) is 6.42. The molecule has 258 valence electrons. The number of piperazine rings is 1. The molecule has 5 rings (SSSR count). The first-order chi connectivity index (χ1) is 21.9. The van der Waals surface area contributed by atoms with E-state index in [1.54, 1.807) is 40.1 Å². The van der Waals surface area contributed by atoms with Crippen molar-refractivity contribution in [1.29, 1.82) is 0 Å². The van der Waals surface area contributed by atoms with Crippen molar-refractivity contribution in [2.45, 2.75) is 58.5 Å². The van der Waals surface area contributed by atoms with Gasteiger partial charge in [-0.05, 0) is 44.4 Å². The highest BCUT2D eigenvalue weighted by Gasteiger charge is 2.30. The molecule has 2 aliphatic rings. The van der Waals surface area contributed by atoms with Gasteiger partial charge in [-0.3, -0.25) is 34.1 Å². The number of fused-ring (bicyclic) bond motifs is 1. The first-order valence-corrected chi connectivity index (χ1v) is 15.9. The molecule has 0 atom stereocenters. The maximum Gasteiger partial charge on any atom is 0.522 e. The SMILES string of the molecule is CCCC(=O)c1cnn(C2CCN(NC(=O)c3cn(CC(=O)N4CCN(CCOC(F)(F)F)CC4)c4ccc(Cl)cc34)CC2)c1C.Cl. The molecule has 16 heteroatoms. The number of Topliss-reactive ketones (excluding diaryl/α,β-unsaturated/α-hetero) is 1. The number of nitrogens with one attached hydrogen (secondary N) is 1. The van der Waals surface area contributed by atoms with Crippen molar-refractivity contribution in [2.75, 3.05) is 52.4 Å². The Labute approximate surface area is 282 Å². The van der Waals surface area contributed by atoms with Gasteiger partial charge in [-0.1, -0.05) is 18.5 Å². The van der Waals surface area contributed by atoms with Gasteiger partial charge in [0.15, 0.2) is 5.78 Å². The Morgan fingerprint density at radius 3 is 2.43 bits per heavy atom. The van der Waals surface area contributed by atoms with Crippen LogP contribution in [-0.4, -0.2) is 106 Å². The third-order valence-electron chi connectivity index (χ3n) is 8.68. The van der Waals surface area contributed by atoms with Crippen LogP contribution in [0, 0.1) is 6.92 Å². The molecule has 4 heterocycles. The largest absolute Gasteiger partial charge is 0.522 e. The molecule has 11 nitrogen and oxygen atoms in total. The molecule has 0 saturated carbocycles. The molecule has 0 unspecified atom stereocenters. The van der Waals surface area contributed by atoms with E-state index in [2.05, 4.69) is 15.3 Å². The van der Waals surface area contributed by atoms with Gasteiger partial charge in [0.25, 0.3) is 5.91 Å². The standard InChI is InChI=1S/C31H39ClF3N7O4.ClH/c1-3-4-28(43)25-18-36-42(21(25)2)23-7-9-41(10-8-23)37-30(45)26-19-40(27-6-5-22(32)17-24(26)27)20-29(44)39-13-11-38(12-14-39)15-16-46-31(33,34)35;/h5-6,17-19,23H,3-4,7-16,20H2,1-2H3,(H,37,45);1H. The Morgan fingerprint density at radius 2 is 1.77 bits per heavy atom. The number of rotatable bonds is 11. The number of carbonyl (C=O) groups is 3. The van der Waals surface area contributed by atoms with E-state index >= 15 is 0 Å². The summed E-state index contributed by atoms with van der Waals surface area (Å²) in [6.07, 6.45) is 1.44. The number of nitrogens with zero attached hydrogens (tertiary/aromatic N) is 6. The number of carbonyl (C=O) groups excluding carboxylic acids is 3. The molecule has 1 N–H and O–H groups in total. The zero-order valence-corrected chi connectivity index (χ0v) is 28.0. The Hall–Kier alpha value is -3.17.